The maximum absolute atomic E-state index is 12.7. The predicted octanol–water partition coefficient (Wildman–Crippen LogP) is 3.64. The molecule has 0 aliphatic rings. The summed E-state index contributed by atoms with van der Waals surface area (Å²) < 4.78 is 5.52. The van der Waals surface area contributed by atoms with Gasteiger partial charge < -0.3 is 19.7 Å². The molecule has 0 spiro atoms. The second-order valence-corrected chi connectivity index (χ2v) is 6.72. The third-order valence-electron chi connectivity index (χ3n) is 4.38. The van der Waals surface area contributed by atoms with Gasteiger partial charge in [-0.1, -0.05) is 30.3 Å². The summed E-state index contributed by atoms with van der Waals surface area (Å²) in [6, 6.07) is 13.4. The molecule has 0 aliphatic heterocycles. The van der Waals surface area contributed by atoms with E-state index in [4.69, 9.17) is 4.74 Å². The fourth-order valence-corrected chi connectivity index (χ4v) is 3.19. The van der Waals surface area contributed by atoms with Gasteiger partial charge in [0.25, 0.3) is 0 Å². The highest BCUT2D eigenvalue weighted by atomic mass is 16.5. The van der Waals surface area contributed by atoms with Gasteiger partial charge in [-0.2, -0.15) is 0 Å². The summed E-state index contributed by atoms with van der Waals surface area (Å²) in [6.45, 7) is 2.70. The lowest BCUT2D eigenvalue weighted by atomic mass is 10.0. The number of aromatic amines is 1. The van der Waals surface area contributed by atoms with E-state index in [0.29, 0.717) is 25.1 Å². The van der Waals surface area contributed by atoms with E-state index < -0.39 is 0 Å². The number of carbonyl (C=O) groups excluding carboxylic acids is 1. The number of hydrogen-bond donors (Lipinski definition) is 2. The second kappa shape index (κ2) is 7.62. The number of aromatic hydroxyl groups is 1. The molecular weight excluding hydrogens is 328 g/mol. The van der Waals surface area contributed by atoms with Crippen LogP contribution in [-0.4, -0.2) is 41.7 Å². The minimum Gasteiger partial charge on any atom is -0.508 e. The molecule has 1 heterocycles. The number of esters is 1. The van der Waals surface area contributed by atoms with Crippen molar-refractivity contribution in [1.29, 1.82) is 0 Å². The Hall–Kier alpha value is -2.79. The molecule has 1 aromatic heterocycles. The number of aromatic nitrogens is 1. The number of ether oxygens (including phenoxy) is 1. The van der Waals surface area contributed by atoms with Crippen LogP contribution in [0.1, 0.15) is 27.2 Å². The monoisotopic (exact) mass is 352 g/mol. The molecule has 0 unspecified atom stereocenters. The fourth-order valence-electron chi connectivity index (χ4n) is 3.19. The van der Waals surface area contributed by atoms with Gasteiger partial charge in [-0.05, 0) is 38.7 Å². The molecule has 0 bridgehead atoms. The number of aryl methyl sites for hydroxylation is 1. The van der Waals surface area contributed by atoms with E-state index in [-0.39, 0.29) is 11.7 Å². The number of nitrogens with zero attached hydrogens (tertiary/aromatic N) is 1. The van der Waals surface area contributed by atoms with Crippen LogP contribution in [0, 0.1) is 6.92 Å². The van der Waals surface area contributed by atoms with Crippen LogP contribution in [0.25, 0.3) is 10.9 Å². The second-order valence-electron chi connectivity index (χ2n) is 6.72. The van der Waals surface area contributed by atoms with Crippen LogP contribution in [0.5, 0.6) is 5.75 Å². The van der Waals surface area contributed by atoms with E-state index in [1.807, 2.05) is 56.3 Å². The number of phenolic OH excluding ortho intramolecular Hbond substituents is 1. The molecule has 5 heteroatoms. The summed E-state index contributed by atoms with van der Waals surface area (Å²) in [7, 11) is 3.85. The molecular formula is C21H24N2O3. The minimum absolute atomic E-state index is 0.184. The molecule has 0 saturated heterocycles. The molecule has 2 N–H and O–H groups in total. The number of phenols is 1. The van der Waals surface area contributed by atoms with Crippen molar-refractivity contribution < 1.29 is 14.6 Å². The van der Waals surface area contributed by atoms with Gasteiger partial charge in [-0.3, -0.25) is 0 Å². The average molecular weight is 352 g/mol. The lowest BCUT2D eigenvalue weighted by Crippen LogP contribution is -2.13. The van der Waals surface area contributed by atoms with E-state index in [2.05, 4.69) is 4.98 Å². The highest BCUT2D eigenvalue weighted by Crippen LogP contribution is 2.32. The molecule has 136 valence electrons. The third-order valence-corrected chi connectivity index (χ3v) is 4.38. The van der Waals surface area contributed by atoms with Gasteiger partial charge in [0.05, 0.1) is 12.2 Å². The van der Waals surface area contributed by atoms with Crippen molar-refractivity contribution in [1.82, 2.24) is 9.88 Å². The number of rotatable bonds is 6. The fraction of sp³-hybridized carbons (Fsp3) is 0.286. The molecule has 0 aliphatic carbocycles. The van der Waals surface area contributed by atoms with E-state index in [9.17, 15) is 9.90 Å². The number of fused-ring (bicyclic) bond motifs is 1. The first kappa shape index (κ1) is 18.0. The van der Waals surface area contributed by atoms with E-state index >= 15 is 0 Å². The van der Waals surface area contributed by atoms with Gasteiger partial charge in [0, 0.05) is 35.1 Å². The van der Waals surface area contributed by atoms with Gasteiger partial charge in [-0.25, -0.2) is 4.79 Å². The van der Waals surface area contributed by atoms with Crippen LogP contribution in [0.2, 0.25) is 0 Å². The summed E-state index contributed by atoms with van der Waals surface area (Å²) in [6.07, 6.45) is 0.670. The van der Waals surface area contributed by atoms with Crippen molar-refractivity contribution in [3.05, 3.63) is 64.8 Å². The maximum atomic E-state index is 12.7. The summed E-state index contributed by atoms with van der Waals surface area (Å²) in [4.78, 5) is 17.9. The van der Waals surface area contributed by atoms with Gasteiger partial charge in [0.15, 0.2) is 0 Å². The standard InChI is InChI=1S/C21H24N2O3/c1-14-19(21(25)26-12-11-15-7-5-4-6-8-15)20-16(13-23(2)3)18(24)10-9-17(20)22-14/h4-10,22,24H,11-13H2,1-3H3. The first-order valence-corrected chi connectivity index (χ1v) is 8.66. The van der Waals surface area contributed by atoms with Crippen molar-refractivity contribution in [2.45, 2.75) is 19.9 Å². The summed E-state index contributed by atoms with van der Waals surface area (Å²) >= 11 is 0. The minimum atomic E-state index is -0.365. The van der Waals surface area contributed by atoms with Gasteiger partial charge in [0.1, 0.15) is 5.75 Å². The Kier molecular flexibility index (Phi) is 5.28. The highest BCUT2D eigenvalue weighted by Gasteiger charge is 2.22. The highest BCUT2D eigenvalue weighted by molar-refractivity contribution is 6.07. The number of nitrogens with one attached hydrogen (secondary N) is 1. The van der Waals surface area contributed by atoms with Crippen molar-refractivity contribution in [2.24, 2.45) is 0 Å². The normalized spacial score (nSPS) is 11.2. The lowest BCUT2D eigenvalue weighted by Gasteiger charge is -2.13. The van der Waals surface area contributed by atoms with E-state index in [1.165, 1.54) is 0 Å². The maximum Gasteiger partial charge on any atom is 0.340 e. The first-order valence-electron chi connectivity index (χ1n) is 8.66. The van der Waals surface area contributed by atoms with Gasteiger partial charge >= 0.3 is 5.97 Å². The average Bonchev–Trinajstić information content (AvgIpc) is 2.94. The molecule has 0 radical (unpaired) electrons. The van der Waals surface area contributed by atoms with Crippen molar-refractivity contribution in [2.75, 3.05) is 20.7 Å². The van der Waals surface area contributed by atoms with Crippen LogP contribution in [0.15, 0.2) is 42.5 Å². The molecule has 0 fully saturated rings. The quantitative estimate of drug-likeness (QED) is 0.665. The Bertz CT molecular complexity index is 914. The van der Waals surface area contributed by atoms with E-state index in [0.717, 1.165) is 27.7 Å². The van der Waals surface area contributed by atoms with E-state index in [1.54, 1.807) is 12.1 Å². The smallest absolute Gasteiger partial charge is 0.340 e. The zero-order valence-electron chi connectivity index (χ0n) is 15.4. The molecule has 5 nitrogen and oxygen atoms in total. The Morgan fingerprint density at radius 2 is 1.88 bits per heavy atom. The molecule has 3 rings (SSSR count). The zero-order chi connectivity index (χ0) is 18.7. The van der Waals surface area contributed by atoms with Crippen LogP contribution < -0.4 is 0 Å². The zero-order valence-corrected chi connectivity index (χ0v) is 15.4. The van der Waals surface area contributed by atoms with Gasteiger partial charge in [-0.15, -0.1) is 0 Å². The summed E-state index contributed by atoms with van der Waals surface area (Å²) in [5.74, 6) is -0.182. The van der Waals surface area contributed by atoms with Crippen molar-refractivity contribution in [3.8, 4) is 5.75 Å². The van der Waals surface area contributed by atoms with Crippen LogP contribution >= 0.6 is 0 Å². The molecule has 0 atom stereocenters. The third kappa shape index (κ3) is 3.73. The molecule has 0 saturated carbocycles. The Morgan fingerprint density at radius 3 is 2.58 bits per heavy atom. The number of carbonyl (C=O) groups is 1. The van der Waals surface area contributed by atoms with Crippen LogP contribution in [0.3, 0.4) is 0 Å². The van der Waals surface area contributed by atoms with Crippen LogP contribution in [-0.2, 0) is 17.7 Å². The molecule has 0 amide bonds. The first-order chi connectivity index (χ1) is 12.5. The van der Waals surface area contributed by atoms with Crippen molar-refractivity contribution >= 4 is 16.9 Å². The molecule has 26 heavy (non-hydrogen) atoms. The predicted molar refractivity (Wildman–Crippen MR) is 103 cm³/mol. The number of hydrogen-bond acceptors (Lipinski definition) is 4. The largest absolute Gasteiger partial charge is 0.508 e. The SMILES string of the molecule is Cc1[nH]c2ccc(O)c(CN(C)C)c2c1C(=O)OCCc1ccccc1. The van der Waals surface area contributed by atoms with Gasteiger partial charge in [0.2, 0.25) is 0 Å². The Morgan fingerprint density at radius 1 is 1.15 bits per heavy atom. The Balaban J connectivity index is 1.87. The molecule has 2 aromatic carbocycles. The number of H-pyrrole nitrogens is 1. The topological polar surface area (TPSA) is 65.6 Å². The Labute approximate surface area is 153 Å². The summed E-state index contributed by atoms with van der Waals surface area (Å²) in [5, 5.41) is 11.0. The van der Waals surface area contributed by atoms with Crippen LogP contribution in [0.4, 0.5) is 0 Å². The summed E-state index contributed by atoms with van der Waals surface area (Å²) in [5.41, 5.74) is 3.93. The number of benzene rings is 2. The molecule has 3 aromatic rings. The van der Waals surface area contributed by atoms with Crippen molar-refractivity contribution in [3.63, 3.8) is 0 Å². The lowest BCUT2D eigenvalue weighted by molar-refractivity contribution is 0.0510.